The summed E-state index contributed by atoms with van der Waals surface area (Å²) in [6.07, 6.45) is 1.34. The van der Waals surface area contributed by atoms with Crippen molar-refractivity contribution in [3.63, 3.8) is 0 Å². The number of benzene rings is 4. The third-order valence-electron chi connectivity index (χ3n) is 5.85. The highest BCUT2D eigenvalue weighted by atomic mass is 79.9. The van der Waals surface area contributed by atoms with Crippen molar-refractivity contribution in [2.24, 2.45) is 0 Å². The topological polar surface area (TPSA) is 101 Å². The van der Waals surface area contributed by atoms with Crippen LogP contribution in [0.3, 0.4) is 0 Å². The second-order valence-electron chi connectivity index (χ2n) is 8.47. The first kappa shape index (κ1) is 27.3. The number of amides is 4. The number of rotatable bonds is 6. The van der Waals surface area contributed by atoms with Gasteiger partial charge in [-0.15, -0.1) is 0 Å². The number of urea groups is 1. The molecule has 0 bridgehead atoms. The molecule has 0 radical (unpaired) electrons. The number of carbonyl (C=O) groups excluding carboxylic acids is 3. The zero-order valence-electron chi connectivity index (χ0n) is 20.4. The number of hydrogen-bond acceptors (Lipinski definition) is 6. The van der Waals surface area contributed by atoms with Crippen LogP contribution in [-0.2, 0) is 19.7 Å². The molecule has 40 heavy (non-hydrogen) atoms. The second-order valence-corrected chi connectivity index (χ2v) is 11.3. The average Bonchev–Trinajstić information content (AvgIpc) is 2.94. The van der Waals surface area contributed by atoms with Gasteiger partial charge in [0.15, 0.2) is 5.75 Å². The lowest BCUT2D eigenvalue weighted by atomic mass is 10.0. The van der Waals surface area contributed by atoms with Crippen LogP contribution in [0.5, 0.6) is 5.75 Å². The summed E-state index contributed by atoms with van der Waals surface area (Å²) in [5.74, 6) is -1.60. The van der Waals surface area contributed by atoms with Crippen molar-refractivity contribution in [1.29, 1.82) is 0 Å². The van der Waals surface area contributed by atoms with E-state index in [1.54, 1.807) is 60.7 Å². The Hall–Kier alpha value is -4.25. The molecular weight excluding hydrogens is 620 g/mol. The van der Waals surface area contributed by atoms with Crippen LogP contribution in [-0.4, -0.2) is 26.3 Å². The minimum Gasteiger partial charge on any atom is -0.378 e. The van der Waals surface area contributed by atoms with Gasteiger partial charge in [0.1, 0.15) is 10.5 Å². The highest BCUT2D eigenvalue weighted by Gasteiger charge is 2.43. The molecule has 0 atom stereocenters. The Labute approximate surface area is 243 Å². The summed E-state index contributed by atoms with van der Waals surface area (Å²) >= 11 is 9.14. The van der Waals surface area contributed by atoms with E-state index in [0.29, 0.717) is 22.0 Å². The number of nitrogens with zero attached hydrogens (tertiary/aromatic N) is 2. The van der Waals surface area contributed by atoms with Crippen LogP contribution in [0.1, 0.15) is 5.56 Å². The van der Waals surface area contributed by atoms with Crippen molar-refractivity contribution in [3.05, 3.63) is 124 Å². The molecule has 0 saturated carbocycles. The minimum atomic E-state index is -4.16. The van der Waals surface area contributed by atoms with Crippen molar-refractivity contribution >= 4 is 72.9 Å². The fourth-order valence-corrected chi connectivity index (χ4v) is 5.61. The summed E-state index contributed by atoms with van der Waals surface area (Å²) < 4.78 is 30.9. The molecule has 1 aliphatic rings. The third-order valence-corrected chi connectivity index (χ3v) is 7.97. The van der Waals surface area contributed by atoms with Crippen LogP contribution in [0.25, 0.3) is 6.08 Å². The number of imide groups is 2. The standard InChI is InChI=1S/C29H18BrClN2O6S/c30-25-18-19(11-16-26(25)39-40(37,38)23-14-12-20(31)13-15-23)17-24-27(34)32(21-7-3-1-4-8-21)29(36)33(28(24)35)22-9-5-2-6-10-22/h1-18H. The lowest BCUT2D eigenvalue weighted by Gasteiger charge is -2.33. The SMILES string of the molecule is O=C1C(=Cc2ccc(OS(=O)(=O)c3ccc(Cl)cc3)c(Br)c2)C(=O)N(c2ccccc2)C(=O)N1c1ccccc1. The Balaban J connectivity index is 1.51. The fourth-order valence-electron chi connectivity index (χ4n) is 3.95. The molecule has 8 nitrogen and oxygen atoms in total. The van der Waals surface area contributed by atoms with E-state index in [-0.39, 0.29) is 20.7 Å². The third kappa shape index (κ3) is 5.42. The molecular formula is C29H18BrClN2O6S. The maximum absolute atomic E-state index is 13.5. The number of barbiturate groups is 1. The van der Waals surface area contributed by atoms with Gasteiger partial charge in [0.05, 0.1) is 15.8 Å². The molecule has 0 aliphatic carbocycles. The predicted octanol–water partition coefficient (Wildman–Crippen LogP) is 6.45. The first-order valence-electron chi connectivity index (χ1n) is 11.7. The summed E-state index contributed by atoms with van der Waals surface area (Å²) in [7, 11) is -4.16. The van der Waals surface area contributed by atoms with Crippen molar-refractivity contribution in [2.45, 2.75) is 4.90 Å². The van der Waals surface area contributed by atoms with Crippen molar-refractivity contribution in [3.8, 4) is 5.75 Å². The number of para-hydroxylation sites is 2. The molecule has 11 heteroatoms. The monoisotopic (exact) mass is 636 g/mol. The Morgan fingerprint density at radius 1 is 0.725 bits per heavy atom. The molecule has 4 amide bonds. The normalized spacial score (nSPS) is 13.9. The van der Waals surface area contributed by atoms with Gasteiger partial charge in [-0.3, -0.25) is 9.59 Å². The minimum absolute atomic E-state index is 0.00889. The van der Waals surface area contributed by atoms with Gasteiger partial charge in [-0.2, -0.15) is 8.42 Å². The Kier molecular flexibility index (Phi) is 7.57. The van der Waals surface area contributed by atoms with E-state index in [0.717, 1.165) is 9.80 Å². The van der Waals surface area contributed by atoms with Crippen molar-refractivity contribution < 1.29 is 27.0 Å². The smallest absolute Gasteiger partial charge is 0.343 e. The lowest BCUT2D eigenvalue weighted by molar-refractivity contribution is -0.121. The first-order valence-corrected chi connectivity index (χ1v) is 14.3. The molecule has 1 aliphatic heterocycles. The molecule has 1 heterocycles. The zero-order valence-corrected chi connectivity index (χ0v) is 23.6. The van der Waals surface area contributed by atoms with Gasteiger partial charge >= 0.3 is 16.1 Å². The van der Waals surface area contributed by atoms with Gasteiger partial charge in [-0.05, 0) is 88.2 Å². The molecule has 0 aromatic heterocycles. The van der Waals surface area contributed by atoms with E-state index < -0.39 is 28.0 Å². The van der Waals surface area contributed by atoms with E-state index in [1.165, 1.54) is 48.5 Å². The van der Waals surface area contributed by atoms with Crippen LogP contribution in [0, 0.1) is 0 Å². The van der Waals surface area contributed by atoms with Gasteiger partial charge in [0.2, 0.25) is 0 Å². The number of halogens is 2. The second kappa shape index (κ2) is 11.1. The van der Waals surface area contributed by atoms with Crippen molar-refractivity contribution in [1.82, 2.24) is 0 Å². The molecule has 200 valence electrons. The van der Waals surface area contributed by atoms with Gasteiger partial charge < -0.3 is 4.18 Å². The van der Waals surface area contributed by atoms with Gasteiger partial charge in [0, 0.05) is 5.02 Å². The summed E-state index contributed by atoms with van der Waals surface area (Å²) in [5, 5.41) is 0.377. The van der Waals surface area contributed by atoms with E-state index in [4.69, 9.17) is 15.8 Å². The van der Waals surface area contributed by atoms with Gasteiger partial charge in [-0.1, -0.05) is 54.1 Å². The lowest BCUT2D eigenvalue weighted by Crippen LogP contribution is -2.57. The first-order chi connectivity index (χ1) is 19.2. The van der Waals surface area contributed by atoms with Crippen LogP contribution in [0.2, 0.25) is 5.02 Å². The average molecular weight is 638 g/mol. The largest absolute Gasteiger partial charge is 0.378 e. The number of hydrogen-bond donors (Lipinski definition) is 0. The maximum atomic E-state index is 13.5. The molecule has 5 rings (SSSR count). The summed E-state index contributed by atoms with van der Waals surface area (Å²) in [4.78, 5) is 42.2. The molecule has 0 spiro atoms. The molecule has 4 aromatic carbocycles. The Morgan fingerprint density at radius 2 is 1.25 bits per heavy atom. The number of anilines is 2. The molecule has 4 aromatic rings. The van der Waals surface area contributed by atoms with Crippen LogP contribution in [0.15, 0.2) is 118 Å². The summed E-state index contributed by atoms with van der Waals surface area (Å²) in [6, 6.07) is 25.6. The van der Waals surface area contributed by atoms with Gasteiger partial charge in [0.25, 0.3) is 11.8 Å². The van der Waals surface area contributed by atoms with E-state index >= 15 is 0 Å². The van der Waals surface area contributed by atoms with Crippen LogP contribution < -0.4 is 14.0 Å². The fraction of sp³-hybridized carbons (Fsp3) is 0. The quantitative estimate of drug-likeness (QED) is 0.137. The highest BCUT2D eigenvalue weighted by molar-refractivity contribution is 9.10. The molecule has 1 fully saturated rings. The van der Waals surface area contributed by atoms with Gasteiger partial charge in [-0.25, -0.2) is 14.6 Å². The zero-order chi connectivity index (χ0) is 28.4. The summed E-state index contributed by atoms with van der Waals surface area (Å²) in [6.45, 7) is 0. The molecule has 0 N–H and O–H groups in total. The Morgan fingerprint density at radius 3 is 1.75 bits per heavy atom. The van der Waals surface area contributed by atoms with E-state index in [2.05, 4.69) is 15.9 Å². The maximum Gasteiger partial charge on any atom is 0.343 e. The Bertz CT molecular complexity index is 1700. The van der Waals surface area contributed by atoms with E-state index in [1.807, 2.05) is 0 Å². The van der Waals surface area contributed by atoms with E-state index in [9.17, 15) is 22.8 Å². The van der Waals surface area contributed by atoms with Crippen LogP contribution >= 0.6 is 27.5 Å². The van der Waals surface area contributed by atoms with Crippen LogP contribution in [0.4, 0.5) is 16.2 Å². The molecule has 1 saturated heterocycles. The number of carbonyl (C=O) groups is 3. The molecule has 0 unspecified atom stereocenters. The highest BCUT2D eigenvalue weighted by Crippen LogP contribution is 2.32. The predicted molar refractivity (Wildman–Crippen MR) is 155 cm³/mol. The summed E-state index contributed by atoms with van der Waals surface area (Å²) in [5.41, 5.74) is 0.722. The van der Waals surface area contributed by atoms with Crippen molar-refractivity contribution in [2.75, 3.05) is 9.80 Å².